The molecule has 1 rings (SSSR count). The predicted molar refractivity (Wildman–Crippen MR) is 67.3 cm³/mol. The van der Waals surface area contributed by atoms with Gasteiger partial charge in [0.25, 0.3) is 0 Å². The first-order valence-corrected chi connectivity index (χ1v) is 6.18. The first-order valence-electron chi connectivity index (χ1n) is 5.37. The highest BCUT2D eigenvalue weighted by Crippen LogP contribution is 2.21. The second kappa shape index (κ2) is 5.57. The Morgan fingerprint density at radius 1 is 1.56 bits per heavy atom. The quantitative estimate of drug-likeness (QED) is 0.800. The summed E-state index contributed by atoms with van der Waals surface area (Å²) in [7, 11) is 1.85. The Morgan fingerprint density at radius 2 is 2.19 bits per heavy atom. The molecule has 1 N–H and O–H groups in total. The van der Waals surface area contributed by atoms with Crippen molar-refractivity contribution in [2.24, 2.45) is 0 Å². The molecule has 0 aromatic carbocycles. The number of hydrogen-bond donors (Lipinski definition) is 1. The molecule has 4 heteroatoms. The monoisotopic (exact) mass is 241 g/mol. The summed E-state index contributed by atoms with van der Waals surface area (Å²) in [6.45, 7) is 6.59. The smallest absolute Gasteiger partial charge is 0.177 e. The largest absolute Gasteiger partial charge is 0.392 e. The van der Waals surface area contributed by atoms with E-state index in [0.717, 1.165) is 10.4 Å². The van der Waals surface area contributed by atoms with Crippen LogP contribution in [-0.2, 0) is 0 Å². The Kier molecular flexibility index (Phi) is 4.65. The molecule has 0 bridgehead atoms. The van der Waals surface area contributed by atoms with Gasteiger partial charge in [0.2, 0.25) is 0 Å². The Labute approximate surface area is 101 Å². The van der Waals surface area contributed by atoms with E-state index in [1.54, 1.807) is 18.3 Å². The predicted octanol–water partition coefficient (Wildman–Crippen LogP) is 1.86. The lowest BCUT2D eigenvalue weighted by atomic mass is 10.1. The van der Waals surface area contributed by atoms with Crippen LogP contribution >= 0.6 is 11.3 Å². The summed E-state index contributed by atoms with van der Waals surface area (Å²) in [6.07, 6.45) is -0.400. The van der Waals surface area contributed by atoms with Crippen molar-refractivity contribution >= 4 is 17.1 Å². The number of Topliss-reactive ketones (excluding diaryl/α,β-unsaturated/α-hetero) is 1. The third kappa shape index (κ3) is 3.70. The molecule has 1 unspecified atom stereocenters. The normalized spacial score (nSPS) is 13.1. The number of aliphatic hydroxyl groups is 1. The fraction of sp³-hybridized carbons (Fsp3) is 0.583. The summed E-state index contributed by atoms with van der Waals surface area (Å²) in [5.41, 5.74) is 0.819. The standard InChI is InChI=1S/C12H19NO2S/c1-8(14)6-13(4)7-12(15)11-5-9(2)16-10(11)3/h5,8,14H,6-7H2,1-4H3. The minimum atomic E-state index is -0.400. The number of aliphatic hydroxyl groups excluding tert-OH is 1. The molecule has 1 aromatic rings. The lowest BCUT2D eigenvalue weighted by molar-refractivity contribution is 0.0901. The van der Waals surface area contributed by atoms with Crippen molar-refractivity contribution in [2.75, 3.05) is 20.1 Å². The Balaban J connectivity index is 2.62. The van der Waals surface area contributed by atoms with Crippen LogP contribution in [0.5, 0.6) is 0 Å². The molecule has 0 aliphatic carbocycles. The number of aryl methyl sites for hydroxylation is 2. The van der Waals surface area contributed by atoms with Gasteiger partial charge in [-0.05, 0) is 33.9 Å². The summed E-state index contributed by atoms with van der Waals surface area (Å²) in [5, 5.41) is 9.21. The van der Waals surface area contributed by atoms with Crippen LogP contribution in [0, 0.1) is 13.8 Å². The van der Waals surface area contributed by atoms with Crippen LogP contribution in [0.2, 0.25) is 0 Å². The maximum atomic E-state index is 12.0. The van der Waals surface area contributed by atoms with E-state index in [9.17, 15) is 9.90 Å². The fourth-order valence-corrected chi connectivity index (χ4v) is 2.70. The number of likely N-dealkylation sites (N-methyl/N-ethyl adjacent to an activating group) is 1. The Hall–Kier alpha value is -0.710. The SMILES string of the molecule is Cc1cc(C(=O)CN(C)CC(C)O)c(C)s1. The van der Waals surface area contributed by atoms with E-state index in [-0.39, 0.29) is 5.78 Å². The van der Waals surface area contributed by atoms with E-state index in [0.29, 0.717) is 13.1 Å². The molecule has 0 saturated heterocycles. The van der Waals surface area contributed by atoms with Crippen molar-refractivity contribution in [3.63, 3.8) is 0 Å². The van der Waals surface area contributed by atoms with E-state index >= 15 is 0 Å². The molecule has 0 aliphatic rings. The minimum Gasteiger partial charge on any atom is -0.392 e. The van der Waals surface area contributed by atoms with E-state index in [1.807, 2.05) is 31.9 Å². The first-order chi connectivity index (χ1) is 7.40. The molecule has 1 heterocycles. The summed E-state index contributed by atoms with van der Waals surface area (Å²) in [5.74, 6) is 0.130. The number of carbonyl (C=O) groups is 1. The highest BCUT2D eigenvalue weighted by Gasteiger charge is 2.14. The van der Waals surface area contributed by atoms with E-state index < -0.39 is 6.10 Å². The molecule has 16 heavy (non-hydrogen) atoms. The van der Waals surface area contributed by atoms with Crippen molar-refractivity contribution in [2.45, 2.75) is 26.9 Å². The zero-order valence-corrected chi connectivity index (χ0v) is 11.1. The van der Waals surface area contributed by atoms with Crippen LogP contribution in [0.1, 0.15) is 27.0 Å². The number of nitrogens with zero attached hydrogens (tertiary/aromatic N) is 1. The van der Waals surface area contributed by atoms with Crippen molar-refractivity contribution in [1.82, 2.24) is 4.90 Å². The fourth-order valence-electron chi connectivity index (χ4n) is 1.75. The van der Waals surface area contributed by atoms with Crippen LogP contribution in [0.3, 0.4) is 0 Å². The van der Waals surface area contributed by atoms with Gasteiger partial charge in [-0.2, -0.15) is 0 Å². The van der Waals surface area contributed by atoms with E-state index in [2.05, 4.69) is 0 Å². The third-order valence-electron chi connectivity index (χ3n) is 2.33. The molecule has 3 nitrogen and oxygen atoms in total. The third-order valence-corrected chi connectivity index (χ3v) is 3.30. The summed E-state index contributed by atoms with van der Waals surface area (Å²) >= 11 is 1.65. The zero-order valence-electron chi connectivity index (χ0n) is 10.3. The minimum absolute atomic E-state index is 0.130. The number of thiophene rings is 1. The number of rotatable bonds is 5. The summed E-state index contributed by atoms with van der Waals surface area (Å²) in [6, 6.07) is 1.94. The second-order valence-electron chi connectivity index (χ2n) is 4.30. The first kappa shape index (κ1) is 13.4. The van der Waals surface area contributed by atoms with Gasteiger partial charge >= 0.3 is 0 Å². The van der Waals surface area contributed by atoms with Crippen molar-refractivity contribution in [3.05, 3.63) is 21.4 Å². The van der Waals surface area contributed by atoms with Gasteiger partial charge in [-0.3, -0.25) is 9.69 Å². The zero-order chi connectivity index (χ0) is 12.3. The molecule has 0 aliphatic heterocycles. The van der Waals surface area contributed by atoms with Crippen LogP contribution < -0.4 is 0 Å². The molecule has 0 amide bonds. The average molecular weight is 241 g/mol. The topological polar surface area (TPSA) is 40.5 Å². The molecular weight excluding hydrogens is 222 g/mol. The van der Waals surface area contributed by atoms with Gasteiger partial charge in [-0.1, -0.05) is 0 Å². The summed E-state index contributed by atoms with van der Waals surface area (Å²) in [4.78, 5) is 16.0. The number of hydrogen-bond acceptors (Lipinski definition) is 4. The molecule has 0 spiro atoms. The van der Waals surface area contributed by atoms with Gasteiger partial charge < -0.3 is 5.11 Å². The molecule has 0 saturated carbocycles. The summed E-state index contributed by atoms with van der Waals surface area (Å²) < 4.78 is 0. The van der Waals surface area contributed by atoms with Crippen molar-refractivity contribution in [3.8, 4) is 0 Å². The highest BCUT2D eigenvalue weighted by atomic mass is 32.1. The van der Waals surface area contributed by atoms with Crippen LogP contribution in [0.25, 0.3) is 0 Å². The van der Waals surface area contributed by atoms with Gasteiger partial charge in [0.15, 0.2) is 5.78 Å². The molecular formula is C12H19NO2S. The van der Waals surface area contributed by atoms with Gasteiger partial charge in [-0.25, -0.2) is 0 Å². The Morgan fingerprint density at radius 3 is 2.62 bits per heavy atom. The van der Waals surface area contributed by atoms with Gasteiger partial charge in [0.1, 0.15) is 0 Å². The molecule has 0 fully saturated rings. The van der Waals surface area contributed by atoms with E-state index in [4.69, 9.17) is 0 Å². The number of carbonyl (C=O) groups excluding carboxylic acids is 1. The number of ketones is 1. The van der Waals surface area contributed by atoms with Crippen molar-refractivity contribution in [1.29, 1.82) is 0 Å². The molecule has 0 radical (unpaired) electrons. The van der Waals surface area contributed by atoms with Gasteiger partial charge in [0, 0.05) is 21.9 Å². The van der Waals surface area contributed by atoms with Crippen LogP contribution in [0.4, 0.5) is 0 Å². The van der Waals surface area contributed by atoms with Crippen LogP contribution in [0.15, 0.2) is 6.07 Å². The van der Waals surface area contributed by atoms with Gasteiger partial charge in [-0.15, -0.1) is 11.3 Å². The average Bonchev–Trinajstić information content (AvgIpc) is 2.43. The molecule has 1 aromatic heterocycles. The van der Waals surface area contributed by atoms with Crippen molar-refractivity contribution < 1.29 is 9.90 Å². The second-order valence-corrected chi connectivity index (χ2v) is 5.76. The molecule has 1 atom stereocenters. The maximum absolute atomic E-state index is 12.0. The van der Waals surface area contributed by atoms with Gasteiger partial charge in [0.05, 0.1) is 12.6 Å². The lowest BCUT2D eigenvalue weighted by Gasteiger charge is -2.17. The highest BCUT2D eigenvalue weighted by molar-refractivity contribution is 7.12. The van der Waals surface area contributed by atoms with Crippen LogP contribution in [-0.4, -0.2) is 42.0 Å². The maximum Gasteiger partial charge on any atom is 0.177 e. The Bertz CT molecular complexity index is 371. The lowest BCUT2D eigenvalue weighted by Crippen LogP contribution is -2.32. The van der Waals surface area contributed by atoms with E-state index in [1.165, 1.54) is 4.88 Å². The molecule has 90 valence electrons.